The molecule has 0 aliphatic carbocycles. The second kappa shape index (κ2) is 12.5. The van der Waals surface area contributed by atoms with Crippen LogP contribution in [0.1, 0.15) is 43.9 Å². The van der Waals surface area contributed by atoms with E-state index < -0.39 is 10.0 Å². The number of rotatable bonds is 11. The van der Waals surface area contributed by atoms with Crippen LogP contribution in [0.2, 0.25) is 10.0 Å². The van der Waals surface area contributed by atoms with Crippen molar-refractivity contribution in [1.29, 1.82) is 0 Å². The molecule has 0 saturated carbocycles. The Morgan fingerprint density at radius 2 is 1.62 bits per heavy atom. The van der Waals surface area contributed by atoms with Crippen molar-refractivity contribution in [3.63, 3.8) is 0 Å². The summed E-state index contributed by atoms with van der Waals surface area (Å²) in [6.07, 6.45) is 2.26. The molecular weight excluding hydrogens is 565 g/mol. The monoisotopic (exact) mass is 599 g/mol. The van der Waals surface area contributed by atoms with Gasteiger partial charge in [-0.1, -0.05) is 59.6 Å². The number of sulfonamides is 1. The lowest BCUT2D eigenvalue weighted by Gasteiger charge is -2.28. The summed E-state index contributed by atoms with van der Waals surface area (Å²) in [5, 5.41) is 6.80. The van der Waals surface area contributed by atoms with Crippen LogP contribution >= 0.6 is 23.2 Å². The van der Waals surface area contributed by atoms with Crippen LogP contribution in [-0.2, 0) is 16.6 Å². The van der Waals surface area contributed by atoms with E-state index in [0.717, 1.165) is 66.9 Å². The molecule has 5 rings (SSSR count). The van der Waals surface area contributed by atoms with Crippen molar-refractivity contribution >= 4 is 49.9 Å². The van der Waals surface area contributed by atoms with Gasteiger partial charge in [-0.15, -0.1) is 0 Å². The second-order valence-electron chi connectivity index (χ2n) is 10.1. The van der Waals surface area contributed by atoms with Gasteiger partial charge in [0.15, 0.2) is 5.82 Å². The van der Waals surface area contributed by atoms with Crippen molar-refractivity contribution < 1.29 is 8.42 Å². The zero-order valence-electron chi connectivity index (χ0n) is 22.9. The van der Waals surface area contributed by atoms with Crippen molar-refractivity contribution in [3.05, 3.63) is 87.9 Å². The number of hydrogen-bond acceptors (Lipinski definition) is 5. The van der Waals surface area contributed by atoms with Crippen LogP contribution in [0.15, 0.2) is 71.6 Å². The average Bonchev–Trinajstić information content (AvgIpc) is 3.61. The summed E-state index contributed by atoms with van der Waals surface area (Å²) in [6, 6.07) is 20.7. The minimum absolute atomic E-state index is 0.0171. The molecule has 0 bridgehead atoms. The lowest BCUT2D eigenvalue weighted by Crippen LogP contribution is -2.36. The Hall–Kier alpha value is -2.62. The number of benzene rings is 3. The Morgan fingerprint density at radius 1 is 0.950 bits per heavy atom. The molecular formula is C30H35Cl2N5O2S. The van der Waals surface area contributed by atoms with E-state index in [1.807, 2.05) is 35.0 Å². The Bertz CT molecular complexity index is 1550. The SMILES string of the molecule is CCN(CC)c1nn(Cc2c(Cl)cccc2Cl)c2ccc(S(=O)(=O)NCC(c3ccccc3)N3CCCC3)cc12. The highest BCUT2D eigenvalue weighted by molar-refractivity contribution is 7.89. The maximum Gasteiger partial charge on any atom is 0.240 e. The van der Waals surface area contributed by atoms with Gasteiger partial charge in [-0.3, -0.25) is 9.58 Å². The number of hydrogen-bond donors (Lipinski definition) is 1. The molecule has 0 amide bonds. The van der Waals surface area contributed by atoms with Gasteiger partial charge in [-0.2, -0.15) is 5.10 Å². The largest absolute Gasteiger partial charge is 0.355 e. The first-order chi connectivity index (χ1) is 19.3. The third kappa shape index (κ3) is 6.02. The van der Waals surface area contributed by atoms with Crippen LogP contribution in [0, 0.1) is 0 Å². The molecule has 1 aromatic heterocycles. The summed E-state index contributed by atoms with van der Waals surface area (Å²) in [4.78, 5) is 4.70. The van der Waals surface area contributed by atoms with Gasteiger partial charge in [-0.05, 0) is 75.7 Å². The fourth-order valence-electron chi connectivity index (χ4n) is 5.48. The first kappa shape index (κ1) is 28.9. The summed E-state index contributed by atoms with van der Waals surface area (Å²) in [5.74, 6) is 0.736. The van der Waals surface area contributed by atoms with Crippen LogP contribution in [0.4, 0.5) is 5.82 Å². The summed E-state index contributed by atoms with van der Waals surface area (Å²) in [7, 11) is -3.78. The molecule has 1 aliphatic heterocycles. The number of anilines is 1. The molecule has 40 heavy (non-hydrogen) atoms. The molecule has 2 heterocycles. The van der Waals surface area contributed by atoms with E-state index in [0.29, 0.717) is 23.1 Å². The van der Waals surface area contributed by atoms with E-state index in [2.05, 4.69) is 40.5 Å². The van der Waals surface area contributed by atoms with E-state index in [4.69, 9.17) is 28.3 Å². The third-order valence-electron chi connectivity index (χ3n) is 7.68. The van der Waals surface area contributed by atoms with Crippen molar-refractivity contribution in [2.75, 3.05) is 37.6 Å². The fourth-order valence-corrected chi connectivity index (χ4v) is 7.06. The minimum Gasteiger partial charge on any atom is -0.355 e. The van der Waals surface area contributed by atoms with Gasteiger partial charge in [0.05, 0.1) is 17.0 Å². The number of likely N-dealkylation sites (tertiary alicyclic amines) is 1. The second-order valence-corrected chi connectivity index (χ2v) is 12.6. The molecule has 7 nitrogen and oxygen atoms in total. The van der Waals surface area contributed by atoms with Crippen LogP contribution < -0.4 is 9.62 Å². The van der Waals surface area contributed by atoms with Crippen LogP contribution in [-0.4, -0.2) is 55.8 Å². The molecule has 3 aromatic carbocycles. The van der Waals surface area contributed by atoms with Crippen molar-refractivity contribution in [2.24, 2.45) is 0 Å². The maximum atomic E-state index is 13.6. The third-order valence-corrected chi connectivity index (χ3v) is 9.81. The molecule has 1 saturated heterocycles. The molecule has 4 aromatic rings. The molecule has 1 N–H and O–H groups in total. The van der Waals surface area contributed by atoms with E-state index in [1.165, 1.54) is 0 Å². The van der Waals surface area contributed by atoms with Gasteiger partial charge < -0.3 is 4.90 Å². The number of aromatic nitrogens is 2. The van der Waals surface area contributed by atoms with Crippen LogP contribution in [0.25, 0.3) is 10.9 Å². The summed E-state index contributed by atoms with van der Waals surface area (Å²) in [6.45, 7) is 8.20. The maximum absolute atomic E-state index is 13.6. The topological polar surface area (TPSA) is 70.5 Å². The lowest BCUT2D eigenvalue weighted by molar-refractivity contribution is 0.246. The molecule has 1 fully saturated rings. The number of nitrogens with zero attached hydrogens (tertiary/aromatic N) is 4. The number of halogens is 2. The van der Waals surface area contributed by atoms with Gasteiger partial charge in [0.1, 0.15) is 0 Å². The smallest absolute Gasteiger partial charge is 0.240 e. The summed E-state index contributed by atoms with van der Waals surface area (Å²) in [5.41, 5.74) is 2.70. The Labute approximate surface area is 246 Å². The highest BCUT2D eigenvalue weighted by Gasteiger charge is 2.26. The van der Waals surface area contributed by atoms with Gasteiger partial charge >= 0.3 is 0 Å². The molecule has 10 heteroatoms. The van der Waals surface area contributed by atoms with Gasteiger partial charge in [-0.25, -0.2) is 13.1 Å². The van der Waals surface area contributed by atoms with Gasteiger partial charge in [0.2, 0.25) is 10.0 Å². The molecule has 1 unspecified atom stereocenters. The Morgan fingerprint density at radius 3 is 2.27 bits per heavy atom. The quantitative estimate of drug-likeness (QED) is 0.217. The molecule has 0 spiro atoms. The van der Waals surface area contributed by atoms with Gasteiger partial charge in [0, 0.05) is 46.7 Å². The predicted molar refractivity (Wildman–Crippen MR) is 164 cm³/mol. The fraction of sp³-hybridized carbons (Fsp3) is 0.367. The van der Waals surface area contributed by atoms with Crippen LogP contribution in [0.3, 0.4) is 0 Å². The molecule has 1 atom stereocenters. The average molecular weight is 601 g/mol. The Balaban J connectivity index is 1.48. The first-order valence-electron chi connectivity index (χ1n) is 13.8. The van der Waals surface area contributed by atoms with Gasteiger partial charge in [0.25, 0.3) is 0 Å². The van der Waals surface area contributed by atoms with Crippen LogP contribution in [0.5, 0.6) is 0 Å². The molecule has 0 radical (unpaired) electrons. The summed E-state index contributed by atoms with van der Waals surface area (Å²) >= 11 is 12.9. The predicted octanol–water partition coefficient (Wildman–Crippen LogP) is 6.35. The first-order valence-corrected chi connectivity index (χ1v) is 16.0. The highest BCUT2D eigenvalue weighted by atomic mass is 35.5. The zero-order valence-corrected chi connectivity index (χ0v) is 25.2. The standard InChI is InChI=1S/C30H35Cl2N5O2S/c1-3-35(4-2)30-24-19-23(15-16-28(24)37(34-30)21-25-26(31)13-10-14-27(25)32)40(38,39)33-20-29(36-17-8-9-18-36)22-11-6-5-7-12-22/h5-7,10-16,19,29,33H,3-4,8-9,17-18,20-21H2,1-2H3. The highest BCUT2D eigenvalue weighted by Crippen LogP contribution is 2.32. The number of nitrogens with one attached hydrogen (secondary N) is 1. The molecule has 1 aliphatic rings. The zero-order chi connectivity index (χ0) is 28.3. The molecule has 212 valence electrons. The Kier molecular flexibility index (Phi) is 9.02. The van der Waals surface area contributed by atoms with E-state index in [-0.39, 0.29) is 10.9 Å². The normalized spacial score (nSPS) is 15.1. The summed E-state index contributed by atoms with van der Waals surface area (Å²) < 4.78 is 32.0. The van der Waals surface area contributed by atoms with E-state index in [9.17, 15) is 8.42 Å². The van der Waals surface area contributed by atoms with Crippen molar-refractivity contribution in [2.45, 2.75) is 44.2 Å². The van der Waals surface area contributed by atoms with E-state index >= 15 is 0 Å². The van der Waals surface area contributed by atoms with Crippen molar-refractivity contribution in [1.82, 2.24) is 19.4 Å². The number of fused-ring (bicyclic) bond motifs is 1. The minimum atomic E-state index is -3.78. The van der Waals surface area contributed by atoms with Crippen molar-refractivity contribution in [3.8, 4) is 0 Å². The lowest BCUT2D eigenvalue weighted by atomic mass is 10.1. The van der Waals surface area contributed by atoms with E-state index in [1.54, 1.807) is 24.3 Å².